The van der Waals surface area contributed by atoms with Crippen molar-refractivity contribution in [2.24, 2.45) is 0 Å². The SMILES string of the molecule is CCCOCCn1nc(COCC)c2nc(N3CC4NC[C@H]43)nc(Nc3cccc(C)n3)c21. The van der Waals surface area contributed by atoms with Crippen molar-refractivity contribution in [1.29, 1.82) is 0 Å². The van der Waals surface area contributed by atoms with E-state index >= 15 is 0 Å². The molecule has 1 unspecified atom stereocenters. The Hall–Kier alpha value is -2.82. The molecule has 2 N–H and O–H groups in total. The predicted octanol–water partition coefficient (Wildman–Crippen LogP) is 2.40. The van der Waals surface area contributed by atoms with E-state index in [1.54, 1.807) is 0 Å². The molecule has 5 rings (SSSR count). The first kappa shape index (κ1) is 22.0. The molecule has 2 atom stereocenters. The molecule has 0 amide bonds. The monoisotopic (exact) mass is 452 g/mol. The van der Waals surface area contributed by atoms with Gasteiger partial charge < -0.3 is 25.0 Å². The van der Waals surface area contributed by atoms with Crippen molar-refractivity contribution in [2.75, 3.05) is 43.1 Å². The highest BCUT2D eigenvalue weighted by atomic mass is 16.5. The van der Waals surface area contributed by atoms with Crippen LogP contribution < -0.4 is 15.5 Å². The third kappa shape index (κ3) is 4.38. The maximum Gasteiger partial charge on any atom is 0.228 e. The number of aryl methyl sites for hydroxylation is 1. The van der Waals surface area contributed by atoms with Gasteiger partial charge in [0, 0.05) is 38.0 Å². The topological polar surface area (TPSA) is 102 Å². The zero-order valence-corrected chi connectivity index (χ0v) is 19.5. The molecule has 2 aliphatic rings. The number of aromatic nitrogens is 5. The molecule has 0 aliphatic carbocycles. The Morgan fingerprint density at radius 1 is 1.15 bits per heavy atom. The summed E-state index contributed by atoms with van der Waals surface area (Å²) < 4.78 is 13.4. The summed E-state index contributed by atoms with van der Waals surface area (Å²) in [5.41, 5.74) is 3.42. The van der Waals surface area contributed by atoms with Gasteiger partial charge >= 0.3 is 0 Å². The lowest BCUT2D eigenvalue weighted by Crippen LogP contribution is -2.78. The number of fused-ring (bicyclic) bond motifs is 2. The van der Waals surface area contributed by atoms with Gasteiger partial charge in [0.15, 0.2) is 5.82 Å². The minimum absolute atomic E-state index is 0.405. The van der Waals surface area contributed by atoms with Crippen LogP contribution in [0.5, 0.6) is 0 Å². The molecule has 33 heavy (non-hydrogen) atoms. The Morgan fingerprint density at radius 3 is 2.76 bits per heavy atom. The molecular weight excluding hydrogens is 420 g/mol. The van der Waals surface area contributed by atoms with Crippen molar-refractivity contribution < 1.29 is 9.47 Å². The zero-order chi connectivity index (χ0) is 22.8. The van der Waals surface area contributed by atoms with Crippen LogP contribution in [0.25, 0.3) is 11.0 Å². The quantitative estimate of drug-likeness (QED) is 0.425. The van der Waals surface area contributed by atoms with E-state index in [0.29, 0.717) is 44.3 Å². The smallest absolute Gasteiger partial charge is 0.228 e. The van der Waals surface area contributed by atoms with Gasteiger partial charge in [-0.2, -0.15) is 10.1 Å². The second kappa shape index (κ2) is 9.58. The van der Waals surface area contributed by atoms with Crippen LogP contribution in [0.2, 0.25) is 0 Å². The van der Waals surface area contributed by atoms with Crippen LogP contribution in [0.4, 0.5) is 17.6 Å². The van der Waals surface area contributed by atoms with Crippen molar-refractivity contribution in [3.05, 3.63) is 29.6 Å². The number of hydrogen-bond donors (Lipinski definition) is 2. The number of rotatable bonds is 11. The first-order valence-electron chi connectivity index (χ1n) is 11.8. The second-order valence-corrected chi connectivity index (χ2v) is 8.51. The van der Waals surface area contributed by atoms with Crippen LogP contribution >= 0.6 is 0 Å². The van der Waals surface area contributed by atoms with Gasteiger partial charge in [-0.1, -0.05) is 13.0 Å². The van der Waals surface area contributed by atoms with E-state index in [1.807, 2.05) is 36.7 Å². The summed E-state index contributed by atoms with van der Waals surface area (Å²) in [6.07, 6.45) is 0.987. The summed E-state index contributed by atoms with van der Waals surface area (Å²) in [6, 6.07) is 6.91. The Labute approximate surface area is 193 Å². The Kier molecular flexibility index (Phi) is 6.39. The van der Waals surface area contributed by atoms with Gasteiger partial charge in [-0.3, -0.25) is 4.68 Å². The summed E-state index contributed by atoms with van der Waals surface area (Å²) in [7, 11) is 0. The molecule has 10 heteroatoms. The van der Waals surface area contributed by atoms with E-state index < -0.39 is 0 Å². The van der Waals surface area contributed by atoms with Crippen LogP contribution in [0.1, 0.15) is 31.7 Å². The number of anilines is 3. The summed E-state index contributed by atoms with van der Waals surface area (Å²) in [4.78, 5) is 16.8. The molecule has 0 radical (unpaired) electrons. The molecule has 0 bridgehead atoms. The van der Waals surface area contributed by atoms with Gasteiger partial charge in [-0.05, 0) is 32.4 Å². The van der Waals surface area contributed by atoms with E-state index in [9.17, 15) is 0 Å². The van der Waals surface area contributed by atoms with Crippen molar-refractivity contribution >= 4 is 28.6 Å². The van der Waals surface area contributed by atoms with E-state index in [4.69, 9.17) is 24.5 Å². The summed E-state index contributed by atoms with van der Waals surface area (Å²) in [6.45, 7) is 10.9. The number of piperazine rings is 1. The molecule has 0 spiro atoms. The molecule has 2 aliphatic heterocycles. The first-order valence-corrected chi connectivity index (χ1v) is 11.8. The molecular formula is C23H32N8O2. The summed E-state index contributed by atoms with van der Waals surface area (Å²) >= 11 is 0. The van der Waals surface area contributed by atoms with Crippen LogP contribution in [0.15, 0.2) is 18.2 Å². The molecule has 5 heterocycles. The minimum atomic E-state index is 0.405. The number of nitrogens with one attached hydrogen (secondary N) is 2. The summed E-state index contributed by atoms with van der Waals surface area (Å²) in [5.74, 6) is 2.17. The Balaban J connectivity index is 1.56. The maximum absolute atomic E-state index is 5.74. The van der Waals surface area contributed by atoms with Crippen molar-refractivity contribution in [2.45, 2.75) is 52.4 Å². The fourth-order valence-corrected chi connectivity index (χ4v) is 4.28. The molecule has 10 nitrogen and oxygen atoms in total. The lowest BCUT2D eigenvalue weighted by atomic mass is 9.89. The van der Waals surface area contributed by atoms with Gasteiger partial charge in [0.05, 0.1) is 25.8 Å². The highest BCUT2D eigenvalue weighted by Crippen LogP contribution is 2.34. The highest BCUT2D eigenvalue weighted by Gasteiger charge is 2.47. The van der Waals surface area contributed by atoms with Crippen molar-refractivity contribution in [1.82, 2.24) is 30.0 Å². The highest BCUT2D eigenvalue weighted by molar-refractivity contribution is 5.90. The Bertz CT molecular complexity index is 1120. The third-order valence-corrected chi connectivity index (χ3v) is 6.12. The van der Waals surface area contributed by atoms with E-state index in [0.717, 1.165) is 60.3 Å². The molecule has 3 aromatic rings. The normalized spacial score (nSPS) is 19.3. The molecule has 176 valence electrons. The molecule has 2 fully saturated rings. The molecule has 0 aromatic carbocycles. The van der Waals surface area contributed by atoms with Crippen LogP contribution in [-0.4, -0.2) is 69.7 Å². The van der Waals surface area contributed by atoms with E-state index in [2.05, 4.69) is 27.4 Å². The largest absolute Gasteiger partial charge is 0.380 e. The standard InChI is InChI=1S/C23H32N8O2/c1-4-10-33-11-9-31-21-20(17(29-31)14-32-5-2)27-23(30-13-16-18(30)12-24-16)28-22(21)26-19-8-6-7-15(3)25-19/h6-8,16,18,24H,4-5,9-14H2,1-3H3,(H,25,26,27,28)/t16?,18-/m1/s1. The second-order valence-electron chi connectivity index (χ2n) is 8.51. The number of pyridine rings is 1. The Morgan fingerprint density at radius 2 is 2.06 bits per heavy atom. The van der Waals surface area contributed by atoms with Gasteiger partial charge in [0.2, 0.25) is 5.95 Å². The fourth-order valence-electron chi connectivity index (χ4n) is 4.28. The van der Waals surface area contributed by atoms with E-state index in [-0.39, 0.29) is 0 Å². The van der Waals surface area contributed by atoms with Crippen LogP contribution in [-0.2, 0) is 22.6 Å². The third-order valence-electron chi connectivity index (χ3n) is 6.12. The predicted molar refractivity (Wildman–Crippen MR) is 127 cm³/mol. The number of hydrogen-bond acceptors (Lipinski definition) is 9. The van der Waals surface area contributed by atoms with Gasteiger partial charge in [0.25, 0.3) is 0 Å². The maximum atomic E-state index is 5.74. The van der Waals surface area contributed by atoms with Crippen molar-refractivity contribution in [3.8, 4) is 0 Å². The number of nitrogens with zero attached hydrogens (tertiary/aromatic N) is 6. The van der Waals surface area contributed by atoms with Crippen LogP contribution in [0.3, 0.4) is 0 Å². The molecule has 0 saturated carbocycles. The van der Waals surface area contributed by atoms with Crippen LogP contribution in [0, 0.1) is 6.92 Å². The minimum Gasteiger partial charge on any atom is -0.380 e. The number of ether oxygens (including phenoxy) is 2. The van der Waals surface area contributed by atoms with Gasteiger partial charge in [-0.15, -0.1) is 0 Å². The van der Waals surface area contributed by atoms with Crippen molar-refractivity contribution in [3.63, 3.8) is 0 Å². The average Bonchev–Trinajstić information content (AvgIpc) is 3.15. The van der Waals surface area contributed by atoms with E-state index in [1.165, 1.54) is 0 Å². The molecule has 3 aromatic heterocycles. The van der Waals surface area contributed by atoms with Gasteiger partial charge in [0.1, 0.15) is 22.5 Å². The lowest BCUT2D eigenvalue weighted by Gasteiger charge is -2.56. The molecule has 2 saturated heterocycles. The lowest BCUT2D eigenvalue weighted by molar-refractivity contribution is 0.122. The fraction of sp³-hybridized carbons (Fsp3) is 0.565. The van der Waals surface area contributed by atoms with Gasteiger partial charge in [-0.25, -0.2) is 9.97 Å². The summed E-state index contributed by atoms with van der Waals surface area (Å²) in [5, 5.41) is 11.7. The zero-order valence-electron chi connectivity index (χ0n) is 19.5. The average molecular weight is 453 g/mol. The first-order chi connectivity index (χ1) is 16.2.